The molecule has 0 amide bonds. The maximum absolute atomic E-state index is 12.0. The van der Waals surface area contributed by atoms with Crippen molar-refractivity contribution in [2.45, 2.75) is 19.9 Å². The van der Waals surface area contributed by atoms with Crippen LogP contribution in [0.25, 0.3) is 6.08 Å². The van der Waals surface area contributed by atoms with Crippen molar-refractivity contribution in [1.29, 1.82) is 0 Å². The molecule has 0 saturated heterocycles. The van der Waals surface area contributed by atoms with Crippen molar-refractivity contribution in [3.8, 4) is 0 Å². The number of H-pyrrole nitrogens is 1. The molecule has 1 N–H and O–H groups in total. The van der Waals surface area contributed by atoms with E-state index >= 15 is 0 Å². The highest BCUT2D eigenvalue weighted by atomic mass is 79.9. The van der Waals surface area contributed by atoms with Gasteiger partial charge in [-0.3, -0.25) is 14.6 Å². The van der Waals surface area contributed by atoms with Gasteiger partial charge in [0.15, 0.2) is 5.78 Å². The van der Waals surface area contributed by atoms with Crippen LogP contribution in [0, 0.1) is 0 Å². The number of hydrogen-bond acceptors (Lipinski definition) is 3. The number of hydrogen-bond donors (Lipinski definition) is 1. The Morgan fingerprint density at radius 2 is 2.21 bits per heavy atom. The Hall–Kier alpha value is -1.21. The van der Waals surface area contributed by atoms with Crippen molar-refractivity contribution in [2.75, 3.05) is 0 Å². The van der Waals surface area contributed by atoms with Gasteiger partial charge in [-0.2, -0.15) is 10.2 Å². The highest BCUT2D eigenvalue weighted by Gasteiger charge is 2.09. The van der Waals surface area contributed by atoms with Crippen LogP contribution >= 0.6 is 31.9 Å². The first-order valence-electron chi connectivity index (χ1n) is 5.65. The van der Waals surface area contributed by atoms with Gasteiger partial charge in [-0.25, -0.2) is 0 Å². The molecule has 2 aromatic heterocycles. The van der Waals surface area contributed by atoms with Crippen LogP contribution in [0.5, 0.6) is 0 Å². The minimum absolute atomic E-state index is 0.0908. The van der Waals surface area contributed by atoms with Crippen LogP contribution in [0.4, 0.5) is 0 Å². The highest BCUT2D eigenvalue weighted by molar-refractivity contribution is 9.11. The third-order valence-electron chi connectivity index (χ3n) is 2.53. The molecule has 0 aliphatic rings. The van der Waals surface area contributed by atoms with Gasteiger partial charge >= 0.3 is 0 Å². The third-order valence-corrected chi connectivity index (χ3v) is 3.74. The molecule has 0 bridgehead atoms. The Kier molecular flexibility index (Phi) is 4.36. The number of allylic oxidation sites excluding steroid dienone is 1. The standard InChI is InChI=1S/C12H12Br2N4O/c1-7(2)18-6-8(5-15-18)10(19)4-3-9-11(13)16-17-12(9)14/h3-7H,1-2H3,(H,16,17). The van der Waals surface area contributed by atoms with E-state index in [9.17, 15) is 4.79 Å². The topological polar surface area (TPSA) is 63.6 Å². The number of aromatic nitrogens is 4. The second-order valence-electron chi connectivity index (χ2n) is 4.24. The average molecular weight is 388 g/mol. The van der Waals surface area contributed by atoms with Gasteiger partial charge in [0.1, 0.15) is 9.21 Å². The first kappa shape index (κ1) is 14.2. The molecule has 0 aromatic carbocycles. The minimum Gasteiger partial charge on any atom is -0.289 e. The summed E-state index contributed by atoms with van der Waals surface area (Å²) in [5.74, 6) is -0.0908. The minimum atomic E-state index is -0.0908. The summed E-state index contributed by atoms with van der Waals surface area (Å²) in [6.45, 7) is 4.02. The summed E-state index contributed by atoms with van der Waals surface area (Å²) in [6.07, 6.45) is 6.53. The Bertz CT molecular complexity index is 608. The summed E-state index contributed by atoms with van der Waals surface area (Å²) < 4.78 is 3.13. The van der Waals surface area contributed by atoms with E-state index in [0.29, 0.717) is 10.2 Å². The van der Waals surface area contributed by atoms with Crippen LogP contribution in [0.3, 0.4) is 0 Å². The quantitative estimate of drug-likeness (QED) is 0.643. The maximum atomic E-state index is 12.0. The molecule has 0 unspecified atom stereocenters. The lowest BCUT2D eigenvalue weighted by Crippen LogP contribution is -2.00. The first-order valence-corrected chi connectivity index (χ1v) is 7.23. The predicted octanol–water partition coefficient (Wildman–Crippen LogP) is 3.61. The summed E-state index contributed by atoms with van der Waals surface area (Å²) in [4.78, 5) is 12.0. The fourth-order valence-corrected chi connectivity index (χ4v) is 2.55. The van der Waals surface area contributed by atoms with E-state index in [4.69, 9.17) is 0 Å². The number of halogens is 2. The van der Waals surface area contributed by atoms with Gasteiger partial charge in [-0.15, -0.1) is 0 Å². The molecule has 7 heteroatoms. The normalized spacial score (nSPS) is 11.6. The highest BCUT2D eigenvalue weighted by Crippen LogP contribution is 2.23. The van der Waals surface area contributed by atoms with Crippen LogP contribution in [0.1, 0.15) is 35.8 Å². The molecule has 5 nitrogen and oxygen atoms in total. The largest absolute Gasteiger partial charge is 0.289 e. The van der Waals surface area contributed by atoms with Crippen molar-refractivity contribution in [2.24, 2.45) is 0 Å². The second kappa shape index (κ2) is 5.83. The van der Waals surface area contributed by atoms with Gasteiger partial charge in [0.25, 0.3) is 0 Å². The summed E-state index contributed by atoms with van der Waals surface area (Å²) in [5.41, 5.74) is 1.37. The van der Waals surface area contributed by atoms with Crippen LogP contribution < -0.4 is 0 Å². The maximum Gasteiger partial charge on any atom is 0.189 e. The van der Waals surface area contributed by atoms with Crippen LogP contribution in [0.15, 0.2) is 27.7 Å². The number of nitrogens with zero attached hydrogens (tertiary/aromatic N) is 3. The Labute approximate surface area is 127 Å². The van der Waals surface area contributed by atoms with Crippen LogP contribution in [-0.2, 0) is 0 Å². The van der Waals surface area contributed by atoms with E-state index in [-0.39, 0.29) is 11.8 Å². The molecular formula is C12H12Br2N4O. The summed E-state index contributed by atoms with van der Waals surface area (Å²) in [5, 5.41) is 10.9. The lowest BCUT2D eigenvalue weighted by molar-refractivity contribution is 0.104. The number of rotatable bonds is 4. The van der Waals surface area contributed by atoms with Gasteiger partial charge in [0, 0.05) is 17.8 Å². The van der Waals surface area contributed by atoms with E-state index in [1.54, 1.807) is 23.2 Å². The van der Waals surface area contributed by atoms with Gasteiger partial charge in [0.2, 0.25) is 0 Å². The number of aromatic amines is 1. The van der Waals surface area contributed by atoms with E-state index in [0.717, 1.165) is 10.2 Å². The Balaban J connectivity index is 2.17. The molecule has 0 aliphatic carbocycles. The van der Waals surface area contributed by atoms with Crippen molar-refractivity contribution in [3.05, 3.63) is 38.8 Å². The molecule has 0 fully saturated rings. The molecule has 0 atom stereocenters. The zero-order chi connectivity index (χ0) is 14.0. The number of carbonyl (C=O) groups excluding carboxylic acids is 1. The molecule has 19 heavy (non-hydrogen) atoms. The SMILES string of the molecule is CC(C)n1cc(C(=O)C=Cc2c(Br)n[nH]c2Br)cn1. The predicted molar refractivity (Wildman–Crippen MR) is 80.0 cm³/mol. The number of ketones is 1. The van der Waals surface area contributed by atoms with Crippen LogP contribution in [0.2, 0.25) is 0 Å². The van der Waals surface area contributed by atoms with E-state index in [2.05, 4.69) is 47.2 Å². The second-order valence-corrected chi connectivity index (χ2v) is 5.79. The fourth-order valence-electron chi connectivity index (χ4n) is 1.45. The van der Waals surface area contributed by atoms with Gasteiger partial charge in [-0.1, -0.05) is 0 Å². The number of nitrogens with one attached hydrogen (secondary N) is 1. The number of carbonyl (C=O) groups is 1. The van der Waals surface area contributed by atoms with E-state index in [1.165, 1.54) is 6.08 Å². The molecule has 100 valence electrons. The summed E-state index contributed by atoms with van der Waals surface area (Å²) in [6, 6.07) is 0.239. The fraction of sp³-hybridized carbons (Fsp3) is 0.250. The first-order chi connectivity index (χ1) is 8.99. The summed E-state index contributed by atoms with van der Waals surface area (Å²) >= 11 is 6.61. The van der Waals surface area contributed by atoms with Gasteiger partial charge in [0.05, 0.1) is 11.8 Å². The van der Waals surface area contributed by atoms with Gasteiger partial charge < -0.3 is 0 Å². The molecule has 0 spiro atoms. The van der Waals surface area contributed by atoms with Crippen molar-refractivity contribution in [1.82, 2.24) is 20.0 Å². The molecule has 0 radical (unpaired) electrons. The summed E-state index contributed by atoms with van der Waals surface area (Å²) in [7, 11) is 0. The third kappa shape index (κ3) is 3.22. The molecule has 0 aliphatic heterocycles. The molecule has 2 rings (SSSR count). The lowest BCUT2D eigenvalue weighted by Gasteiger charge is -2.02. The zero-order valence-corrected chi connectivity index (χ0v) is 13.6. The molecule has 0 saturated carbocycles. The van der Waals surface area contributed by atoms with Crippen LogP contribution in [-0.4, -0.2) is 25.8 Å². The van der Waals surface area contributed by atoms with Gasteiger partial charge in [-0.05, 0) is 57.9 Å². The zero-order valence-electron chi connectivity index (χ0n) is 10.4. The molecule has 2 aromatic rings. The molecular weight excluding hydrogens is 376 g/mol. The van der Waals surface area contributed by atoms with E-state index in [1.807, 2.05) is 13.8 Å². The average Bonchev–Trinajstić information content (AvgIpc) is 2.95. The molecule has 2 heterocycles. The Morgan fingerprint density at radius 1 is 1.47 bits per heavy atom. The van der Waals surface area contributed by atoms with Crippen molar-refractivity contribution < 1.29 is 4.79 Å². The Morgan fingerprint density at radius 3 is 2.74 bits per heavy atom. The monoisotopic (exact) mass is 386 g/mol. The van der Waals surface area contributed by atoms with E-state index < -0.39 is 0 Å². The lowest BCUT2D eigenvalue weighted by atomic mass is 10.2. The van der Waals surface area contributed by atoms with Crippen molar-refractivity contribution in [3.63, 3.8) is 0 Å². The smallest absolute Gasteiger partial charge is 0.189 e. The van der Waals surface area contributed by atoms with Crippen molar-refractivity contribution >= 4 is 43.7 Å².